The van der Waals surface area contributed by atoms with E-state index in [1.54, 1.807) is 17.1 Å². The number of nitrogens with zero attached hydrogens (tertiary/aromatic N) is 2. The van der Waals surface area contributed by atoms with Crippen LogP contribution in [0.15, 0.2) is 36.7 Å². The molecule has 0 saturated heterocycles. The zero-order valence-corrected chi connectivity index (χ0v) is 12.1. The van der Waals surface area contributed by atoms with Crippen molar-refractivity contribution in [1.82, 2.24) is 9.78 Å². The van der Waals surface area contributed by atoms with Gasteiger partial charge in [-0.1, -0.05) is 25.1 Å². The number of carbonyl (C=O) groups excluding carboxylic acids is 1. The molecule has 0 spiro atoms. The second-order valence-corrected chi connectivity index (χ2v) is 4.64. The molecule has 0 aliphatic carbocycles. The SMILES string of the molecule is CCCn1cc(OCC(=O)Nc2ccccc2CN)cn1. The van der Waals surface area contributed by atoms with Gasteiger partial charge in [-0.15, -0.1) is 0 Å². The second-order valence-electron chi connectivity index (χ2n) is 4.64. The normalized spacial score (nSPS) is 10.4. The maximum atomic E-state index is 11.9. The van der Waals surface area contributed by atoms with E-state index in [-0.39, 0.29) is 12.5 Å². The summed E-state index contributed by atoms with van der Waals surface area (Å²) in [6.07, 6.45) is 4.39. The van der Waals surface area contributed by atoms with E-state index in [2.05, 4.69) is 17.3 Å². The Morgan fingerprint density at radius 1 is 1.43 bits per heavy atom. The Bertz CT molecular complexity index is 595. The van der Waals surface area contributed by atoms with Gasteiger partial charge in [0.05, 0.1) is 12.4 Å². The summed E-state index contributed by atoms with van der Waals surface area (Å²) in [4.78, 5) is 11.9. The first-order valence-electron chi connectivity index (χ1n) is 6.96. The minimum absolute atomic E-state index is 0.0588. The number of nitrogens with two attached hydrogens (primary N) is 1. The monoisotopic (exact) mass is 288 g/mol. The fourth-order valence-electron chi connectivity index (χ4n) is 1.93. The summed E-state index contributed by atoms with van der Waals surface area (Å²) in [6.45, 7) is 3.22. The Morgan fingerprint density at radius 2 is 2.24 bits per heavy atom. The summed E-state index contributed by atoms with van der Waals surface area (Å²) in [5, 5.41) is 6.93. The molecule has 0 saturated carbocycles. The standard InChI is InChI=1S/C15H20N4O2/c1-2-7-19-10-13(9-17-19)21-11-15(20)18-14-6-4-3-5-12(14)8-16/h3-6,9-10H,2,7-8,11,16H2,1H3,(H,18,20). The number of aryl methyl sites for hydroxylation is 1. The highest BCUT2D eigenvalue weighted by Crippen LogP contribution is 2.14. The van der Waals surface area contributed by atoms with Gasteiger partial charge in [0.25, 0.3) is 5.91 Å². The fourth-order valence-corrected chi connectivity index (χ4v) is 1.93. The second kappa shape index (κ2) is 7.44. The van der Waals surface area contributed by atoms with Crippen molar-refractivity contribution in [1.29, 1.82) is 0 Å². The van der Waals surface area contributed by atoms with E-state index in [0.29, 0.717) is 12.3 Å². The van der Waals surface area contributed by atoms with E-state index in [1.807, 2.05) is 24.3 Å². The molecule has 0 atom stereocenters. The number of para-hydroxylation sites is 1. The third-order valence-electron chi connectivity index (χ3n) is 2.94. The summed E-state index contributed by atoms with van der Waals surface area (Å²) >= 11 is 0. The van der Waals surface area contributed by atoms with Crippen LogP contribution in [0, 0.1) is 0 Å². The van der Waals surface area contributed by atoms with Crippen molar-refractivity contribution < 1.29 is 9.53 Å². The summed E-state index contributed by atoms with van der Waals surface area (Å²) in [7, 11) is 0. The maximum absolute atomic E-state index is 11.9. The van der Waals surface area contributed by atoms with Crippen molar-refractivity contribution in [3.05, 3.63) is 42.2 Å². The van der Waals surface area contributed by atoms with Gasteiger partial charge in [-0.3, -0.25) is 9.48 Å². The number of carbonyl (C=O) groups is 1. The van der Waals surface area contributed by atoms with Crippen molar-refractivity contribution in [2.45, 2.75) is 26.4 Å². The average molecular weight is 288 g/mol. The van der Waals surface area contributed by atoms with Crippen LogP contribution in [-0.4, -0.2) is 22.3 Å². The van der Waals surface area contributed by atoms with Crippen LogP contribution in [0.1, 0.15) is 18.9 Å². The van der Waals surface area contributed by atoms with Gasteiger partial charge in [-0.25, -0.2) is 0 Å². The number of benzene rings is 1. The number of nitrogens with one attached hydrogen (secondary N) is 1. The zero-order chi connectivity index (χ0) is 15.1. The van der Waals surface area contributed by atoms with E-state index in [9.17, 15) is 4.79 Å². The van der Waals surface area contributed by atoms with Gasteiger partial charge < -0.3 is 15.8 Å². The lowest BCUT2D eigenvalue weighted by Crippen LogP contribution is -2.21. The van der Waals surface area contributed by atoms with E-state index in [0.717, 1.165) is 24.2 Å². The molecular weight excluding hydrogens is 268 g/mol. The third-order valence-corrected chi connectivity index (χ3v) is 2.94. The van der Waals surface area contributed by atoms with Crippen molar-refractivity contribution in [2.75, 3.05) is 11.9 Å². The topological polar surface area (TPSA) is 82.2 Å². The number of hydrogen-bond acceptors (Lipinski definition) is 4. The molecular formula is C15H20N4O2. The van der Waals surface area contributed by atoms with Crippen molar-refractivity contribution in [3.63, 3.8) is 0 Å². The minimum Gasteiger partial charge on any atom is -0.480 e. The minimum atomic E-state index is -0.223. The van der Waals surface area contributed by atoms with E-state index < -0.39 is 0 Å². The van der Waals surface area contributed by atoms with Crippen molar-refractivity contribution >= 4 is 11.6 Å². The van der Waals surface area contributed by atoms with E-state index in [1.165, 1.54) is 0 Å². The molecule has 3 N–H and O–H groups in total. The number of anilines is 1. The number of aromatic nitrogens is 2. The van der Waals surface area contributed by atoms with Gasteiger partial charge >= 0.3 is 0 Å². The summed E-state index contributed by atoms with van der Waals surface area (Å²) in [5.41, 5.74) is 7.24. The number of ether oxygens (including phenoxy) is 1. The molecule has 0 fully saturated rings. The lowest BCUT2D eigenvalue weighted by Gasteiger charge is -2.09. The van der Waals surface area contributed by atoms with E-state index in [4.69, 9.17) is 10.5 Å². The van der Waals surface area contributed by atoms with Crippen molar-refractivity contribution in [2.24, 2.45) is 5.73 Å². The highest BCUT2D eigenvalue weighted by atomic mass is 16.5. The highest BCUT2D eigenvalue weighted by molar-refractivity contribution is 5.92. The van der Waals surface area contributed by atoms with Crippen LogP contribution < -0.4 is 15.8 Å². The van der Waals surface area contributed by atoms with Gasteiger partial charge in [0.15, 0.2) is 12.4 Å². The molecule has 112 valence electrons. The maximum Gasteiger partial charge on any atom is 0.262 e. The smallest absolute Gasteiger partial charge is 0.262 e. The molecule has 1 aromatic heterocycles. The van der Waals surface area contributed by atoms with Crippen molar-refractivity contribution in [3.8, 4) is 5.75 Å². The highest BCUT2D eigenvalue weighted by Gasteiger charge is 2.07. The lowest BCUT2D eigenvalue weighted by atomic mass is 10.2. The molecule has 1 heterocycles. The van der Waals surface area contributed by atoms with Gasteiger partial charge in [-0.2, -0.15) is 5.10 Å². The third kappa shape index (κ3) is 4.32. The van der Waals surface area contributed by atoms with Crippen LogP contribution in [0.3, 0.4) is 0 Å². The van der Waals surface area contributed by atoms with Crippen LogP contribution in [0.4, 0.5) is 5.69 Å². The molecule has 2 rings (SSSR count). The quantitative estimate of drug-likeness (QED) is 0.813. The molecule has 0 radical (unpaired) electrons. The summed E-state index contributed by atoms with van der Waals surface area (Å²) < 4.78 is 7.20. The molecule has 21 heavy (non-hydrogen) atoms. The Hall–Kier alpha value is -2.34. The number of hydrogen-bond donors (Lipinski definition) is 2. The molecule has 1 aromatic carbocycles. The number of rotatable bonds is 7. The Balaban J connectivity index is 1.86. The summed E-state index contributed by atoms with van der Waals surface area (Å²) in [6, 6.07) is 7.44. The Labute approximate surface area is 123 Å². The molecule has 1 amide bonds. The first-order chi connectivity index (χ1) is 10.2. The molecule has 6 nitrogen and oxygen atoms in total. The molecule has 0 unspecified atom stereocenters. The Kier molecular flexibility index (Phi) is 5.34. The fraction of sp³-hybridized carbons (Fsp3) is 0.333. The molecule has 0 aliphatic heterocycles. The predicted molar refractivity (Wildman–Crippen MR) is 81.0 cm³/mol. The molecule has 0 aliphatic rings. The number of amides is 1. The largest absolute Gasteiger partial charge is 0.480 e. The van der Waals surface area contributed by atoms with Crippen LogP contribution in [0.25, 0.3) is 0 Å². The first-order valence-corrected chi connectivity index (χ1v) is 6.96. The van der Waals surface area contributed by atoms with Crippen LogP contribution in [-0.2, 0) is 17.9 Å². The lowest BCUT2D eigenvalue weighted by molar-refractivity contribution is -0.118. The van der Waals surface area contributed by atoms with Gasteiger partial charge in [0, 0.05) is 18.8 Å². The summed E-state index contributed by atoms with van der Waals surface area (Å²) in [5.74, 6) is 0.366. The van der Waals surface area contributed by atoms with Crippen LogP contribution in [0.2, 0.25) is 0 Å². The van der Waals surface area contributed by atoms with E-state index >= 15 is 0 Å². The van der Waals surface area contributed by atoms with Gasteiger partial charge in [-0.05, 0) is 18.1 Å². The Morgan fingerprint density at radius 3 is 3.00 bits per heavy atom. The zero-order valence-electron chi connectivity index (χ0n) is 12.1. The first kappa shape index (κ1) is 15.1. The van der Waals surface area contributed by atoms with Gasteiger partial charge in [0.1, 0.15) is 0 Å². The average Bonchev–Trinajstić information content (AvgIpc) is 2.94. The van der Waals surface area contributed by atoms with Crippen LogP contribution >= 0.6 is 0 Å². The van der Waals surface area contributed by atoms with Crippen LogP contribution in [0.5, 0.6) is 5.75 Å². The predicted octanol–water partition coefficient (Wildman–Crippen LogP) is 1.77. The van der Waals surface area contributed by atoms with Gasteiger partial charge in [0.2, 0.25) is 0 Å². The molecule has 2 aromatic rings. The molecule has 0 bridgehead atoms. The molecule has 6 heteroatoms.